The van der Waals surface area contributed by atoms with Crippen molar-refractivity contribution in [3.63, 3.8) is 0 Å². The number of rotatable bonds is 4. The van der Waals surface area contributed by atoms with Gasteiger partial charge in [0.05, 0.1) is 18.4 Å². The minimum atomic E-state index is -1.02. The molecule has 2 aromatic carbocycles. The molecule has 0 aliphatic rings. The third-order valence-electron chi connectivity index (χ3n) is 3.20. The number of benzene rings is 2. The molecule has 0 saturated carbocycles. The first-order valence-electron chi connectivity index (χ1n) is 6.44. The van der Waals surface area contributed by atoms with Gasteiger partial charge in [-0.3, -0.25) is 0 Å². The molecule has 0 fully saturated rings. The summed E-state index contributed by atoms with van der Waals surface area (Å²) in [4.78, 5) is 11.4. The van der Waals surface area contributed by atoms with Crippen molar-refractivity contribution < 1.29 is 14.6 Å². The maximum atomic E-state index is 11.4. The van der Waals surface area contributed by atoms with Gasteiger partial charge in [-0.1, -0.05) is 18.2 Å². The van der Waals surface area contributed by atoms with E-state index in [1.165, 1.54) is 17.1 Å². The molecule has 1 aromatic heterocycles. The van der Waals surface area contributed by atoms with Gasteiger partial charge in [0.1, 0.15) is 12.1 Å². The van der Waals surface area contributed by atoms with Crippen LogP contribution in [0.2, 0.25) is 0 Å². The summed E-state index contributed by atoms with van der Waals surface area (Å²) in [7, 11) is 1.57. The first-order chi connectivity index (χ1) is 10.7. The van der Waals surface area contributed by atoms with Crippen molar-refractivity contribution in [1.29, 1.82) is 0 Å². The Morgan fingerprint density at radius 2 is 2.05 bits per heavy atom. The third kappa shape index (κ3) is 2.51. The molecule has 0 aliphatic carbocycles. The van der Waals surface area contributed by atoms with Crippen LogP contribution in [0.5, 0.6) is 5.75 Å². The van der Waals surface area contributed by atoms with Crippen molar-refractivity contribution in [2.45, 2.75) is 0 Å². The molecule has 0 spiro atoms. The van der Waals surface area contributed by atoms with Crippen molar-refractivity contribution in [2.75, 3.05) is 7.11 Å². The molecule has 0 radical (unpaired) electrons. The molecule has 1 heterocycles. The van der Waals surface area contributed by atoms with Crippen LogP contribution in [0.15, 0.2) is 48.8 Å². The highest BCUT2D eigenvalue weighted by molar-refractivity contribution is 5.91. The molecule has 22 heavy (non-hydrogen) atoms. The second-order valence-electron chi connectivity index (χ2n) is 4.53. The van der Waals surface area contributed by atoms with Crippen LogP contribution in [-0.2, 0) is 0 Å². The zero-order chi connectivity index (χ0) is 15.5. The highest BCUT2D eigenvalue weighted by Crippen LogP contribution is 2.31. The van der Waals surface area contributed by atoms with E-state index in [1.54, 1.807) is 19.2 Å². The molecule has 3 aromatic rings. The van der Waals surface area contributed by atoms with Crippen molar-refractivity contribution in [3.05, 3.63) is 54.4 Å². The lowest BCUT2D eigenvalue weighted by Gasteiger charge is -2.11. The van der Waals surface area contributed by atoms with E-state index in [0.29, 0.717) is 17.0 Å². The summed E-state index contributed by atoms with van der Waals surface area (Å²) in [5.74, 6) is -0.362. The molecule has 0 bridgehead atoms. The highest BCUT2D eigenvalue weighted by Gasteiger charge is 2.12. The minimum absolute atomic E-state index is 0.147. The monoisotopic (exact) mass is 296 g/mol. The molecule has 7 nitrogen and oxygen atoms in total. The third-order valence-corrected chi connectivity index (χ3v) is 3.20. The van der Waals surface area contributed by atoms with Crippen LogP contribution >= 0.6 is 0 Å². The molecule has 0 unspecified atom stereocenters. The second-order valence-corrected chi connectivity index (χ2v) is 4.53. The summed E-state index contributed by atoms with van der Waals surface area (Å²) < 4.78 is 6.74. The number of carboxylic acid groups (broad SMARTS) is 1. The molecular formula is C15H12N4O3. The number of hydrogen-bond donors (Lipinski definition) is 1. The fourth-order valence-corrected chi connectivity index (χ4v) is 2.19. The number of hydrogen-bond acceptors (Lipinski definition) is 5. The predicted octanol–water partition coefficient (Wildman–Crippen LogP) is 2.04. The standard InChI is InChI=1S/C15H12N4O3/c1-22-14-5-3-2-4-13(14)10-6-11(15(20)21)8-12(7-10)19-9-16-17-18-19/h2-9H,1H3,(H,20,21). The molecule has 0 saturated heterocycles. The summed E-state index contributed by atoms with van der Waals surface area (Å²) in [6.45, 7) is 0. The average Bonchev–Trinajstić information content (AvgIpc) is 3.09. The van der Waals surface area contributed by atoms with Crippen LogP contribution in [0, 0.1) is 0 Å². The highest BCUT2D eigenvalue weighted by atomic mass is 16.5. The molecule has 3 rings (SSSR count). The first kappa shape index (κ1) is 13.7. The molecule has 1 N–H and O–H groups in total. The van der Waals surface area contributed by atoms with Crippen LogP contribution in [0.4, 0.5) is 0 Å². The van der Waals surface area contributed by atoms with Gasteiger partial charge in [-0.05, 0) is 40.3 Å². The van der Waals surface area contributed by atoms with Crippen molar-refractivity contribution in [2.24, 2.45) is 0 Å². The Hall–Kier alpha value is -3.22. The van der Waals surface area contributed by atoms with E-state index in [9.17, 15) is 9.90 Å². The Morgan fingerprint density at radius 1 is 1.23 bits per heavy atom. The Kier molecular flexibility index (Phi) is 3.53. The van der Waals surface area contributed by atoms with Gasteiger partial charge >= 0.3 is 5.97 Å². The molecular weight excluding hydrogens is 284 g/mol. The van der Waals surface area contributed by atoms with Gasteiger partial charge < -0.3 is 9.84 Å². The molecule has 0 atom stereocenters. The van der Waals surface area contributed by atoms with Crippen LogP contribution in [-0.4, -0.2) is 38.4 Å². The maximum Gasteiger partial charge on any atom is 0.335 e. The molecule has 7 heteroatoms. The molecule has 0 aliphatic heterocycles. The van der Waals surface area contributed by atoms with Crippen LogP contribution < -0.4 is 4.74 Å². The number of tetrazole rings is 1. The average molecular weight is 296 g/mol. The fraction of sp³-hybridized carbons (Fsp3) is 0.0667. The lowest BCUT2D eigenvalue weighted by Crippen LogP contribution is -2.02. The number of ether oxygens (including phenoxy) is 1. The van der Waals surface area contributed by atoms with E-state index in [-0.39, 0.29) is 5.56 Å². The summed E-state index contributed by atoms with van der Waals surface area (Å²) >= 11 is 0. The topological polar surface area (TPSA) is 90.1 Å². The Morgan fingerprint density at radius 3 is 2.73 bits per heavy atom. The number of carbonyl (C=O) groups is 1. The maximum absolute atomic E-state index is 11.4. The summed E-state index contributed by atoms with van der Waals surface area (Å²) in [5.41, 5.74) is 2.21. The van der Waals surface area contributed by atoms with Crippen molar-refractivity contribution in [1.82, 2.24) is 20.2 Å². The lowest BCUT2D eigenvalue weighted by atomic mass is 10.0. The van der Waals surface area contributed by atoms with Gasteiger partial charge in [0.25, 0.3) is 0 Å². The Labute approximate surface area is 125 Å². The number of nitrogens with zero attached hydrogens (tertiary/aromatic N) is 4. The fourth-order valence-electron chi connectivity index (χ4n) is 2.19. The molecule has 0 amide bonds. The SMILES string of the molecule is COc1ccccc1-c1cc(C(=O)O)cc(-n2cnnn2)c1. The van der Waals surface area contributed by atoms with Gasteiger partial charge in [0.15, 0.2) is 0 Å². The van der Waals surface area contributed by atoms with Crippen molar-refractivity contribution >= 4 is 5.97 Å². The van der Waals surface area contributed by atoms with E-state index in [1.807, 2.05) is 24.3 Å². The summed E-state index contributed by atoms with van der Waals surface area (Å²) in [5, 5.41) is 20.2. The number of aromatic carboxylic acids is 1. The van der Waals surface area contributed by atoms with E-state index in [4.69, 9.17) is 4.74 Å². The van der Waals surface area contributed by atoms with E-state index < -0.39 is 5.97 Å². The number of carboxylic acids is 1. The zero-order valence-corrected chi connectivity index (χ0v) is 11.7. The lowest BCUT2D eigenvalue weighted by molar-refractivity contribution is 0.0697. The van der Waals surface area contributed by atoms with Gasteiger partial charge in [-0.25, -0.2) is 9.48 Å². The van der Waals surface area contributed by atoms with Crippen LogP contribution in [0.1, 0.15) is 10.4 Å². The minimum Gasteiger partial charge on any atom is -0.496 e. The van der Waals surface area contributed by atoms with Gasteiger partial charge in [-0.2, -0.15) is 0 Å². The number of para-hydroxylation sites is 1. The predicted molar refractivity (Wildman–Crippen MR) is 78.1 cm³/mol. The van der Waals surface area contributed by atoms with Crippen molar-refractivity contribution in [3.8, 4) is 22.6 Å². The van der Waals surface area contributed by atoms with Crippen LogP contribution in [0.3, 0.4) is 0 Å². The summed E-state index contributed by atoms with van der Waals surface area (Å²) in [6.07, 6.45) is 1.41. The smallest absolute Gasteiger partial charge is 0.335 e. The second kappa shape index (κ2) is 5.65. The van der Waals surface area contributed by atoms with Gasteiger partial charge in [0, 0.05) is 5.56 Å². The molecule has 110 valence electrons. The van der Waals surface area contributed by atoms with Gasteiger partial charge in [0.2, 0.25) is 0 Å². The Balaban J connectivity index is 2.21. The summed E-state index contributed by atoms with van der Waals surface area (Å²) in [6, 6.07) is 12.3. The largest absolute Gasteiger partial charge is 0.496 e. The Bertz CT molecular complexity index is 815. The van der Waals surface area contributed by atoms with E-state index in [2.05, 4.69) is 15.5 Å². The van der Waals surface area contributed by atoms with Gasteiger partial charge in [-0.15, -0.1) is 5.10 Å². The number of aromatic nitrogens is 4. The number of methoxy groups -OCH3 is 1. The van der Waals surface area contributed by atoms with Crippen LogP contribution in [0.25, 0.3) is 16.8 Å². The van der Waals surface area contributed by atoms with E-state index >= 15 is 0 Å². The quantitative estimate of drug-likeness (QED) is 0.792. The zero-order valence-electron chi connectivity index (χ0n) is 11.7. The van der Waals surface area contributed by atoms with E-state index in [0.717, 1.165) is 5.56 Å². The normalized spacial score (nSPS) is 10.4. The first-order valence-corrected chi connectivity index (χ1v) is 6.44.